The van der Waals surface area contributed by atoms with Crippen LogP contribution in [0.5, 0.6) is 0 Å². The average molecular weight is 609 g/mol. The van der Waals surface area contributed by atoms with E-state index in [4.69, 9.17) is 10.5 Å². The Morgan fingerprint density at radius 1 is 0.886 bits per heavy atom. The quantitative estimate of drug-likeness (QED) is 0.187. The van der Waals surface area contributed by atoms with Gasteiger partial charge in [0.15, 0.2) is 0 Å². The van der Waals surface area contributed by atoms with E-state index in [1.807, 2.05) is 63.2 Å². The molecule has 9 heteroatoms. The van der Waals surface area contributed by atoms with Gasteiger partial charge in [-0.3, -0.25) is 14.4 Å². The number of amides is 4. The summed E-state index contributed by atoms with van der Waals surface area (Å²) in [6, 6.07) is 11.0. The summed E-state index contributed by atoms with van der Waals surface area (Å²) >= 11 is 0. The normalized spacial score (nSPS) is 12.6. The molecule has 0 spiro atoms. The van der Waals surface area contributed by atoms with Crippen LogP contribution in [0.15, 0.2) is 42.5 Å². The van der Waals surface area contributed by atoms with Crippen molar-refractivity contribution in [3.63, 3.8) is 0 Å². The molecule has 0 aliphatic heterocycles. The summed E-state index contributed by atoms with van der Waals surface area (Å²) in [6.07, 6.45) is 5.38. The maximum Gasteiger partial charge on any atom is 0.408 e. The van der Waals surface area contributed by atoms with Crippen molar-refractivity contribution < 1.29 is 23.9 Å². The van der Waals surface area contributed by atoms with Gasteiger partial charge in [0.05, 0.1) is 6.42 Å². The van der Waals surface area contributed by atoms with Gasteiger partial charge in [-0.15, -0.1) is 0 Å². The summed E-state index contributed by atoms with van der Waals surface area (Å²) in [6.45, 7) is 13.4. The highest BCUT2D eigenvalue weighted by Gasteiger charge is 2.37. The van der Waals surface area contributed by atoms with E-state index in [0.29, 0.717) is 17.7 Å². The molecule has 0 radical (unpaired) electrons. The van der Waals surface area contributed by atoms with Crippen molar-refractivity contribution in [2.75, 3.05) is 11.9 Å². The molecule has 0 aliphatic carbocycles. The molecule has 2 atom stereocenters. The number of carbonyl (C=O) groups is 4. The molecule has 4 N–H and O–H groups in total. The highest BCUT2D eigenvalue weighted by atomic mass is 16.6. The number of hydrogen-bond donors (Lipinski definition) is 3. The van der Waals surface area contributed by atoms with Crippen molar-refractivity contribution in [1.82, 2.24) is 10.2 Å². The summed E-state index contributed by atoms with van der Waals surface area (Å²) < 4.78 is 5.39. The van der Waals surface area contributed by atoms with Crippen molar-refractivity contribution >= 4 is 29.5 Å². The van der Waals surface area contributed by atoms with Crippen LogP contribution in [-0.2, 0) is 25.5 Å². The lowest BCUT2D eigenvalue weighted by molar-refractivity contribution is -0.142. The first-order chi connectivity index (χ1) is 20.8. The Morgan fingerprint density at radius 3 is 2.02 bits per heavy atom. The summed E-state index contributed by atoms with van der Waals surface area (Å²) in [5, 5.41) is 5.62. The van der Waals surface area contributed by atoms with Gasteiger partial charge in [0.25, 0.3) is 5.91 Å². The second-order valence-corrected chi connectivity index (χ2v) is 12.4. The number of ether oxygens (including phenoxy) is 1. The first kappa shape index (κ1) is 36.3. The summed E-state index contributed by atoms with van der Waals surface area (Å²) in [7, 11) is 0. The van der Waals surface area contributed by atoms with Gasteiger partial charge < -0.3 is 26.0 Å². The average Bonchev–Trinajstić information content (AvgIpc) is 2.94. The van der Waals surface area contributed by atoms with E-state index in [2.05, 4.69) is 17.6 Å². The Kier molecular flexibility index (Phi) is 14.4. The van der Waals surface area contributed by atoms with Crippen LogP contribution < -0.4 is 16.4 Å². The molecule has 0 heterocycles. The molecule has 0 aromatic heterocycles. The zero-order valence-electron chi connectivity index (χ0n) is 27.6. The largest absolute Gasteiger partial charge is 0.444 e. The predicted octanol–water partition coefficient (Wildman–Crippen LogP) is 6.50. The van der Waals surface area contributed by atoms with Gasteiger partial charge in [-0.25, -0.2) is 4.79 Å². The maximum atomic E-state index is 14.3. The Hall–Kier alpha value is -3.88. The molecule has 9 nitrogen and oxygen atoms in total. The minimum Gasteiger partial charge on any atom is -0.444 e. The molecule has 2 rings (SSSR count). The number of aryl methyl sites for hydroxylation is 3. The lowest BCUT2D eigenvalue weighted by Gasteiger charge is -2.34. The Labute approximate surface area is 263 Å². The molecular weight excluding hydrogens is 556 g/mol. The fourth-order valence-electron chi connectivity index (χ4n) is 5.09. The van der Waals surface area contributed by atoms with E-state index in [9.17, 15) is 19.2 Å². The Bertz CT molecular complexity index is 1230. The van der Waals surface area contributed by atoms with Crippen LogP contribution in [0.1, 0.15) is 108 Å². The standard InChI is InChI=1S/C35H52N4O5/c1-8-10-11-12-13-14-22-39(33(42)28(23-29(36)40)37-34(43)44-35(5,6)7)31(27-20-18-26(9-2)19-21-27)32(41)38-30-24(3)16-15-17-25(30)4/h15-21,28,31H,8-14,22-23H2,1-7H3,(H2,36,40)(H,37,43)(H,38,41). The lowest BCUT2D eigenvalue weighted by atomic mass is 9.99. The van der Waals surface area contributed by atoms with Crippen LogP contribution in [0, 0.1) is 13.8 Å². The van der Waals surface area contributed by atoms with Crippen molar-refractivity contribution in [3.05, 3.63) is 64.7 Å². The number of carbonyl (C=O) groups excluding carboxylic acids is 4. The molecule has 2 unspecified atom stereocenters. The van der Waals surface area contributed by atoms with Crippen molar-refractivity contribution in [2.45, 2.75) is 118 Å². The second kappa shape index (κ2) is 17.4. The van der Waals surface area contributed by atoms with Crippen LogP contribution in [0.25, 0.3) is 0 Å². The van der Waals surface area contributed by atoms with E-state index >= 15 is 0 Å². The summed E-state index contributed by atoms with van der Waals surface area (Å²) in [5.41, 5.74) is 8.90. The molecule has 0 saturated heterocycles. The topological polar surface area (TPSA) is 131 Å². The first-order valence-electron chi connectivity index (χ1n) is 15.8. The summed E-state index contributed by atoms with van der Waals surface area (Å²) in [4.78, 5) is 54.9. The third-order valence-electron chi connectivity index (χ3n) is 7.42. The molecule has 2 aromatic rings. The smallest absolute Gasteiger partial charge is 0.408 e. The van der Waals surface area contributed by atoms with Crippen LogP contribution in [0.2, 0.25) is 0 Å². The molecule has 0 aliphatic rings. The van der Waals surface area contributed by atoms with Crippen molar-refractivity contribution in [1.29, 1.82) is 0 Å². The molecule has 44 heavy (non-hydrogen) atoms. The number of nitrogens with one attached hydrogen (secondary N) is 2. The van der Waals surface area contributed by atoms with Crippen molar-refractivity contribution in [3.8, 4) is 0 Å². The van der Waals surface area contributed by atoms with E-state index in [-0.39, 0.29) is 12.5 Å². The number of unbranched alkanes of at least 4 members (excludes halogenated alkanes) is 5. The van der Waals surface area contributed by atoms with Crippen LogP contribution >= 0.6 is 0 Å². The van der Waals surface area contributed by atoms with E-state index in [1.165, 1.54) is 4.90 Å². The molecule has 0 bridgehead atoms. The number of primary amides is 1. The molecule has 4 amide bonds. The Morgan fingerprint density at radius 2 is 1.48 bits per heavy atom. The number of benzene rings is 2. The maximum absolute atomic E-state index is 14.3. The van der Waals surface area contributed by atoms with Crippen LogP contribution in [0.4, 0.5) is 10.5 Å². The number of alkyl carbamates (subject to hydrolysis) is 1. The minimum atomic E-state index is -1.31. The molecule has 0 fully saturated rings. The number of nitrogens with zero attached hydrogens (tertiary/aromatic N) is 1. The molecule has 2 aromatic carbocycles. The highest BCUT2D eigenvalue weighted by Crippen LogP contribution is 2.28. The van der Waals surface area contributed by atoms with Crippen LogP contribution in [-0.4, -0.2) is 46.9 Å². The number of hydrogen-bond acceptors (Lipinski definition) is 5. The number of rotatable bonds is 16. The monoisotopic (exact) mass is 608 g/mol. The number of anilines is 1. The first-order valence-corrected chi connectivity index (χ1v) is 15.8. The minimum absolute atomic E-state index is 0.247. The van der Waals surface area contributed by atoms with Gasteiger partial charge in [0, 0.05) is 12.2 Å². The third kappa shape index (κ3) is 11.7. The van der Waals surface area contributed by atoms with Crippen molar-refractivity contribution in [2.24, 2.45) is 5.73 Å². The van der Waals surface area contributed by atoms with E-state index in [1.54, 1.807) is 20.8 Å². The summed E-state index contributed by atoms with van der Waals surface area (Å²) in [5.74, 6) is -1.73. The highest BCUT2D eigenvalue weighted by molar-refractivity contribution is 6.00. The number of nitrogens with two attached hydrogens (primary N) is 1. The second-order valence-electron chi connectivity index (χ2n) is 12.4. The van der Waals surface area contributed by atoms with Crippen LogP contribution in [0.3, 0.4) is 0 Å². The van der Waals surface area contributed by atoms with Gasteiger partial charge >= 0.3 is 6.09 Å². The molecule has 242 valence electrons. The molecule has 0 saturated carbocycles. The van der Waals surface area contributed by atoms with Gasteiger partial charge in [-0.1, -0.05) is 88.4 Å². The van der Waals surface area contributed by atoms with Gasteiger partial charge in [0.2, 0.25) is 11.8 Å². The Balaban J connectivity index is 2.58. The fourth-order valence-corrected chi connectivity index (χ4v) is 5.09. The molecular formula is C35H52N4O5. The predicted molar refractivity (Wildman–Crippen MR) is 175 cm³/mol. The van der Waals surface area contributed by atoms with Gasteiger partial charge in [-0.2, -0.15) is 0 Å². The lowest BCUT2D eigenvalue weighted by Crippen LogP contribution is -2.53. The third-order valence-corrected chi connectivity index (χ3v) is 7.42. The number of para-hydroxylation sites is 1. The SMILES string of the molecule is CCCCCCCCN(C(=O)C(CC(N)=O)NC(=O)OC(C)(C)C)C(C(=O)Nc1c(C)cccc1C)c1ccc(CC)cc1. The zero-order valence-corrected chi connectivity index (χ0v) is 27.6. The van der Waals surface area contributed by atoms with E-state index in [0.717, 1.165) is 55.2 Å². The van der Waals surface area contributed by atoms with Gasteiger partial charge in [-0.05, 0) is 69.7 Å². The zero-order chi connectivity index (χ0) is 32.9. The van der Waals surface area contributed by atoms with Gasteiger partial charge in [0.1, 0.15) is 17.7 Å². The fraction of sp³-hybridized carbons (Fsp3) is 0.543. The van der Waals surface area contributed by atoms with E-state index < -0.39 is 42.0 Å².